The molecule has 1 aliphatic rings. The van der Waals surface area contributed by atoms with Crippen molar-refractivity contribution in [1.82, 2.24) is 9.80 Å². The van der Waals surface area contributed by atoms with Gasteiger partial charge in [0.2, 0.25) is 0 Å². The van der Waals surface area contributed by atoms with Crippen molar-refractivity contribution in [2.75, 3.05) is 32.7 Å². The van der Waals surface area contributed by atoms with E-state index < -0.39 is 0 Å². The summed E-state index contributed by atoms with van der Waals surface area (Å²) in [6, 6.07) is 8.27. The Kier molecular flexibility index (Phi) is 3.76. The van der Waals surface area contributed by atoms with Crippen LogP contribution in [0.5, 0.6) is 0 Å². The molecule has 0 spiro atoms. The van der Waals surface area contributed by atoms with Crippen molar-refractivity contribution < 1.29 is 4.79 Å². The molecule has 0 saturated carbocycles. The summed E-state index contributed by atoms with van der Waals surface area (Å²) >= 11 is 1.63. The highest BCUT2D eigenvalue weighted by Crippen LogP contribution is 2.31. The number of hydrogen-bond donors (Lipinski definition) is 0. The third-order valence-corrected chi connectivity index (χ3v) is 5.41. The second kappa shape index (κ2) is 5.54. The first kappa shape index (κ1) is 13.6. The molecule has 0 aliphatic carbocycles. The Morgan fingerprint density at radius 1 is 1.20 bits per heavy atom. The number of amides is 1. The van der Waals surface area contributed by atoms with Crippen LogP contribution in [0.25, 0.3) is 10.1 Å². The van der Waals surface area contributed by atoms with Gasteiger partial charge in [0.1, 0.15) is 0 Å². The number of carbonyl (C=O) groups is 1. The van der Waals surface area contributed by atoms with Crippen LogP contribution in [-0.2, 0) is 0 Å². The van der Waals surface area contributed by atoms with E-state index in [1.165, 1.54) is 10.1 Å². The molecule has 106 valence electrons. The van der Waals surface area contributed by atoms with Gasteiger partial charge in [-0.1, -0.05) is 25.1 Å². The predicted molar refractivity (Wildman–Crippen MR) is 84.6 cm³/mol. The average Bonchev–Trinajstić information content (AvgIpc) is 2.84. The van der Waals surface area contributed by atoms with E-state index in [9.17, 15) is 4.79 Å². The van der Waals surface area contributed by atoms with E-state index in [1.54, 1.807) is 11.3 Å². The summed E-state index contributed by atoms with van der Waals surface area (Å²) in [7, 11) is 0. The van der Waals surface area contributed by atoms with Gasteiger partial charge >= 0.3 is 0 Å². The van der Waals surface area contributed by atoms with Crippen molar-refractivity contribution >= 4 is 27.3 Å². The second-order valence-corrected chi connectivity index (χ2v) is 6.33. The van der Waals surface area contributed by atoms with E-state index in [4.69, 9.17) is 0 Å². The van der Waals surface area contributed by atoms with E-state index in [-0.39, 0.29) is 5.91 Å². The zero-order valence-electron chi connectivity index (χ0n) is 12.1. The lowest BCUT2D eigenvalue weighted by molar-refractivity contribution is 0.0647. The Bertz CT molecular complexity index is 626. The lowest BCUT2D eigenvalue weighted by Crippen LogP contribution is -2.48. The zero-order valence-corrected chi connectivity index (χ0v) is 12.9. The maximum atomic E-state index is 12.7. The number of carbonyl (C=O) groups excluding carboxylic acids is 1. The number of nitrogens with zero attached hydrogens (tertiary/aromatic N) is 2. The van der Waals surface area contributed by atoms with Crippen LogP contribution in [0.2, 0.25) is 0 Å². The minimum Gasteiger partial charge on any atom is -0.335 e. The van der Waals surface area contributed by atoms with Crippen LogP contribution in [0.3, 0.4) is 0 Å². The van der Waals surface area contributed by atoms with Gasteiger partial charge in [-0.3, -0.25) is 4.79 Å². The number of piperazine rings is 1. The van der Waals surface area contributed by atoms with Crippen LogP contribution < -0.4 is 0 Å². The van der Waals surface area contributed by atoms with Crippen molar-refractivity contribution in [3.63, 3.8) is 0 Å². The second-order valence-electron chi connectivity index (χ2n) is 5.28. The maximum absolute atomic E-state index is 12.7. The summed E-state index contributed by atoms with van der Waals surface area (Å²) in [5.41, 5.74) is 1.13. The van der Waals surface area contributed by atoms with E-state index in [0.29, 0.717) is 0 Å². The highest BCUT2D eigenvalue weighted by atomic mass is 32.1. The van der Waals surface area contributed by atoms with Gasteiger partial charge in [-0.25, -0.2) is 0 Å². The predicted octanol–water partition coefficient (Wildman–Crippen LogP) is 2.99. The van der Waals surface area contributed by atoms with E-state index in [1.807, 2.05) is 17.0 Å². The molecule has 4 heteroatoms. The fourth-order valence-corrected chi connectivity index (χ4v) is 3.97. The highest BCUT2D eigenvalue weighted by Gasteiger charge is 2.24. The van der Waals surface area contributed by atoms with Crippen LogP contribution in [0.4, 0.5) is 0 Å². The maximum Gasteiger partial charge on any atom is 0.264 e. The van der Waals surface area contributed by atoms with Gasteiger partial charge < -0.3 is 9.80 Å². The summed E-state index contributed by atoms with van der Waals surface area (Å²) in [5, 5.41) is 1.22. The molecule has 3 nitrogen and oxygen atoms in total. The number of aryl methyl sites for hydroxylation is 1. The largest absolute Gasteiger partial charge is 0.335 e. The van der Waals surface area contributed by atoms with Gasteiger partial charge in [0.25, 0.3) is 5.91 Å². The molecule has 1 saturated heterocycles. The van der Waals surface area contributed by atoms with Gasteiger partial charge in [0.15, 0.2) is 0 Å². The van der Waals surface area contributed by atoms with Crippen molar-refractivity contribution in [2.45, 2.75) is 13.8 Å². The van der Waals surface area contributed by atoms with Crippen LogP contribution in [0.1, 0.15) is 22.2 Å². The first-order valence-electron chi connectivity index (χ1n) is 7.20. The number of thiophene rings is 1. The van der Waals surface area contributed by atoms with Crippen molar-refractivity contribution in [1.29, 1.82) is 0 Å². The van der Waals surface area contributed by atoms with Crippen LogP contribution in [0, 0.1) is 6.92 Å². The Morgan fingerprint density at radius 2 is 1.90 bits per heavy atom. The SMILES string of the molecule is CCN1CCN(C(=O)c2sc3ccccc3c2C)CC1. The van der Waals surface area contributed by atoms with Gasteiger partial charge in [-0.2, -0.15) is 0 Å². The Hall–Kier alpha value is -1.39. The molecular weight excluding hydrogens is 268 g/mol. The standard InChI is InChI=1S/C16H20N2OS/c1-3-17-8-10-18(11-9-17)16(19)15-12(2)13-6-4-5-7-14(13)20-15/h4-7H,3,8-11H2,1-2H3. The van der Waals surface area contributed by atoms with Crippen molar-refractivity contribution in [2.24, 2.45) is 0 Å². The molecule has 1 amide bonds. The number of likely N-dealkylation sites (N-methyl/N-ethyl adjacent to an activating group) is 1. The van der Waals surface area contributed by atoms with Gasteiger partial charge in [-0.05, 0) is 30.5 Å². The third-order valence-electron chi connectivity index (χ3n) is 4.14. The van der Waals surface area contributed by atoms with E-state index >= 15 is 0 Å². The van der Waals surface area contributed by atoms with E-state index in [2.05, 4.69) is 30.9 Å². The van der Waals surface area contributed by atoms with Gasteiger partial charge in [0, 0.05) is 30.9 Å². The summed E-state index contributed by atoms with van der Waals surface area (Å²) in [4.78, 5) is 18.0. The zero-order chi connectivity index (χ0) is 14.1. The van der Waals surface area contributed by atoms with Gasteiger partial charge in [-0.15, -0.1) is 11.3 Å². The molecule has 2 heterocycles. The molecular formula is C16H20N2OS. The Balaban J connectivity index is 1.84. The normalized spacial score (nSPS) is 16.8. The van der Waals surface area contributed by atoms with Crippen LogP contribution in [-0.4, -0.2) is 48.4 Å². The third kappa shape index (κ3) is 2.34. The molecule has 1 fully saturated rings. The lowest BCUT2D eigenvalue weighted by Gasteiger charge is -2.33. The van der Waals surface area contributed by atoms with Crippen molar-refractivity contribution in [3.05, 3.63) is 34.7 Å². The average molecular weight is 288 g/mol. The molecule has 1 aromatic carbocycles. The summed E-state index contributed by atoms with van der Waals surface area (Å²) in [6.07, 6.45) is 0. The molecule has 20 heavy (non-hydrogen) atoms. The fraction of sp³-hybridized carbons (Fsp3) is 0.438. The monoisotopic (exact) mass is 288 g/mol. The molecule has 3 rings (SSSR count). The molecule has 0 bridgehead atoms. The first-order chi connectivity index (χ1) is 9.70. The molecule has 0 N–H and O–H groups in total. The summed E-state index contributed by atoms with van der Waals surface area (Å²) < 4.78 is 1.21. The smallest absolute Gasteiger partial charge is 0.264 e. The molecule has 1 aromatic heterocycles. The fourth-order valence-electron chi connectivity index (χ4n) is 2.79. The molecule has 2 aromatic rings. The van der Waals surface area contributed by atoms with Crippen molar-refractivity contribution in [3.8, 4) is 0 Å². The Labute approximate surface area is 123 Å². The Morgan fingerprint density at radius 3 is 2.55 bits per heavy atom. The highest BCUT2D eigenvalue weighted by molar-refractivity contribution is 7.21. The quantitative estimate of drug-likeness (QED) is 0.848. The van der Waals surface area contributed by atoms with Crippen LogP contribution >= 0.6 is 11.3 Å². The molecule has 0 atom stereocenters. The number of fused-ring (bicyclic) bond motifs is 1. The van der Waals surface area contributed by atoms with Gasteiger partial charge in [0.05, 0.1) is 4.88 Å². The molecule has 1 aliphatic heterocycles. The minimum atomic E-state index is 0.208. The topological polar surface area (TPSA) is 23.6 Å². The molecule has 0 radical (unpaired) electrons. The van der Waals surface area contributed by atoms with E-state index in [0.717, 1.165) is 43.2 Å². The summed E-state index contributed by atoms with van der Waals surface area (Å²) in [6.45, 7) is 8.99. The lowest BCUT2D eigenvalue weighted by atomic mass is 10.1. The first-order valence-corrected chi connectivity index (χ1v) is 8.02. The minimum absolute atomic E-state index is 0.208. The number of benzene rings is 1. The van der Waals surface area contributed by atoms with Crippen LogP contribution in [0.15, 0.2) is 24.3 Å². The summed E-state index contributed by atoms with van der Waals surface area (Å²) in [5.74, 6) is 0.208. The molecule has 0 unspecified atom stereocenters. The number of rotatable bonds is 2. The number of hydrogen-bond acceptors (Lipinski definition) is 3.